The summed E-state index contributed by atoms with van der Waals surface area (Å²) in [6, 6.07) is 0. The van der Waals surface area contributed by atoms with Crippen molar-refractivity contribution in [3.05, 3.63) is 0 Å². The molecular formula is C8H13BrNO3. The summed E-state index contributed by atoms with van der Waals surface area (Å²) in [4.78, 5) is 20.7. The van der Waals surface area contributed by atoms with Gasteiger partial charge in [-0.05, 0) is 12.8 Å². The number of hydrogen-bond acceptors (Lipinski definition) is 2. The molecule has 1 N–H and O–H groups in total. The SMILES string of the molecule is [O]C(=O)CCCCCNC(=O)CBr. The molecule has 0 aliphatic heterocycles. The lowest BCUT2D eigenvalue weighted by molar-refractivity contribution is -0.143. The van der Waals surface area contributed by atoms with Crippen LogP contribution in [0, 0.1) is 0 Å². The van der Waals surface area contributed by atoms with Gasteiger partial charge in [-0.25, -0.2) is 9.90 Å². The number of halogens is 1. The summed E-state index contributed by atoms with van der Waals surface area (Å²) in [5.41, 5.74) is 0. The molecule has 13 heavy (non-hydrogen) atoms. The van der Waals surface area contributed by atoms with Crippen molar-refractivity contribution in [1.29, 1.82) is 0 Å². The Morgan fingerprint density at radius 3 is 2.38 bits per heavy atom. The number of rotatable bonds is 7. The molecule has 75 valence electrons. The minimum Gasteiger partial charge on any atom is -0.355 e. The summed E-state index contributed by atoms with van der Waals surface area (Å²) in [5.74, 6) is -1.05. The predicted molar refractivity (Wildman–Crippen MR) is 51.0 cm³/mol. The van der Waals surface area contributed by atoms with E-state index in [-0.39, 0.29) is 12.3 Å². The Hall–Kier alpha value is -0.580. The van der Waals surface area contributed by atoms with Gasteiger partial charge in [0.15, 0.2) is 0 Å². The highest BCUT2D eigenvalue weighted by atomic mass is 79.9. The average Bonchev–Trinajstić information content (AvgIpc) is 2.10. The van der Waals surface area contributed by atoms with Gasteiger partial charge in [0.25, 0.3) is 0 Å². The van der Waals surface area contributed by atoms with Crippen LogP contribution in [0.1, 0.15) is 25.7 Å². The highest BCUT2D eigenvalue weighted by Crippen LogP contribution is 1.98. The first-order valence-corrected chi connectivity index (χ1v) is 5.31. The fourth-order valence-electron chi connectivity index (χ4n) is 0.846. The standard InChI is InChI=1S/C8H13BrNO3/c9-6-7(11)10-5-3-1-2-4-8(12)13/h1-6H2,(H,10,11). The zero-order valence-corrected chi connectivity index (χ0v) is 8.93. The molecule has 0 unspecified atom stereocenters. The van der Waals surface area contributed by atoms with Crippen LogP contribution in [-0.4, -0.2) is 23.8 Å². The van der Waals surface area contributed by atoms with Gasteiger partial charge in [0, 0.05) is 6.54 Å². The van der Waals surface area contributed by atoms with Gasteiger partial charge >= 0.3 is 5.97 Å². The van der Waals surface area contributed by atoms with Crippen LogP contribution in [0.15, 0.2) is 0 Å². The monoisotopic (exact) mass is 250 g/mol. The van der Waals surface area contributed by atoms with Gasteiger partial charge in [0.1, 0.15) is 0 Å². The number of nitrogens with one attached hydrogen (secondary N) is 1. The number of unbranched alkanes of at least 4 members (excludes halogenated alkanes) is 2. The molecule has 4 nitrogen and oxygen atoms in total. The number of carbonyl (C=O) groups excluding carboxylic acids is 2. The van der Waals surface area contributed by atoms with Crippen molar-refractivity contribution < 1.29 is 14.7 Å². The molecule has 0 atom stereocenters. The second kappa shape index (κ2) is 8.04. The van der Waals surface area contributed by atoms with Gasteiger partial charge in [-0.1, -0.05) is 22.4 Å². The summed E-state index contributed by atoms with van der Waals surface area (Å²) < 4.78 is 0. The summed E-state index contributed by atoms with van der Waals surface area (Å²) in [7, 11) is 0. The van der Waals surface area contributed by atoms with E-state index in [2.05, 4.69) is 21.2 Å². The molecule has 0 saturated heterocycles. The maximum atomic E-state index is 10.7. The lowest BCUT2D eigenvalue weighted by atomic mass is 10.2. The molecule has 0 spiro atoms. The molecule has 1 amide bonds. The zero-order valence-electron chi connectivity index (χ0n) is 7.35. The highest BCUT2D eigenvalue weighted by molar-refractivity contribution is 9.09. The third-order valence-electron chi connectivity index (χ3n) is 1.50. The largest absolute Gasteiger partial charge is 0.355 e. The van der Waals surface area contributed by atoms with Crippen LogP contribution in [0.5, 0.6) is 0 Å². The predicted octanol–water partition coefficient (Wildman–Crippen LogP) is 1.01. The van der Waals surface area contributed by atoms with Crippen molar-refractivity contribution in [2.75, 3.05) is 11.9 Å². The van der Waals surface area contributed by atoms with Crippen molar-refractivity contribution in [3.63, 3.8) is 0 Å². The molecule has 0 aromatic carbocycles. The second-order valence-corrected chi connectivity index (χ2v) is 3.23. The minimum absolute atomic E-state index is 0.0418. The van der Waals surface area contributed by atoms with E-state index in [9.17, 15) is 14.7 Å². The minimum atomic E-state index is -1.01. The Bertz CT molecular complexity index is 173. The van der Waals surface area contributed by atoms with Crippen LogP contribution in [0.4, 0.5) is 0 Å². The topological polar surface area (TPSA) is 66.1 Å². The average molecular weight is 251 g/mol. The molecule has 5 heteroatoms. The fourth-order valence-corrected chi connectivity index (χ4v) is 1.04. The van der Waals surface area contributed by atoms with E-state index >= 15 is 0 Å². The molecule has 0 heterocycles. The molecule has 0 fully saturated rings. The Morgan fingerprint density at radius 1 is 1.15 bits per heavy atom. The first-order chi connectivity index (χ1) is 6.16. The Morgan fingerprint density at radius 2 is 1.85 bits per heavy atom. The van der Waals surface area contributed by atoms with Crippen LogP contribution < -0.4 is 5.32 Å². The third-order valence-corrected chi connectivity index (χ3v) is 2.01. The number of amides is 1. The van der Waals surface area contributed by atoms with Crippen molar-refractivity contribution in [3.8, 4) is 0 Å². The Balaban J connectivity index is 3.08. The van der Waals surface area contributed by atoms with Crippen LogP contribution in [0.2, 0.25) is 0 Å². The van der Waals surface area contributed by atoms with Crippen molar-refractivity contribution >= 4 is 27.8 Å². The van der Waals surface area contributed by atoms with E-state index in [1.54, 1.807) is 0 Å². The van der Waals surface area contributed by atoms with E-state index in [0.29, 0.717) is 18.3 Å². The van der Waals surface area contributed by atoms with Gasteiger partial charge in [-0.2, -0.15) is 0 Å². The summed E-state index contributed by atoms with van der Waals surface area (Å²) in [6.07, 6.45) is 2.33. The van der Waals surface area contributed by atoms with Crippen LogP contribution >= 0.6 is 15.9 Å². The molecular weight excluding hydrogens is 238 g/mol. The van der Waals surface area contributed by atoms with E-state index < -0.39 is 5.97 Å². The summed E-state index contributed by atoms with van der Waals surface area (Å²) in [5, 5.41) is 13.0. The lowest BCUT2D eigenvalue weighted by Gasteiger charge is -2.01. The maximum Gasteiger partial charge on any atom is 0.355 e. The molecule has 0 aliphatic rings. The quantitative estimate of drug-likeness (QED) is 0.542. The number of hydrogen-bond donors (Lipinski definition) is 1. The molecule has 0 bridgehead atoms. The van der Waals surface area contributed by atoms with Gasteiger partial charge in [0.2, 0.25) is 5.91 Å². The first kappa shape index (κ1) is 12.4. The fraction of sp³-hybridized carbons (Fsp3) is 0.750. The van der Waals surface area contributed by atoms with E-state index in [1.807, 2.05) is 0 Å². The van der Waals surface area contributed by atoms with Crippen molar-refractivity contribution in [1.82, 2.24) is 5.32 Å². The van der Waals surface area contributed by atoms with Crippen molar-refractivity contribution in [2.45, 2.75) is 25.7 Å². The Kier molecular flexibility index (Phi) is 7.68. The highest BCUT2D eigenvalue weighted by Gasteiger charge is 1.99. The van der Waals surface area contributed by atoms with Gasteiger partial charge < -0.3 is 5.32 Å². The van der Waals surface area contributed by atoms with Gasteiger partial charge in [-0.3, -0.25) is 4.79 Å². The van der Waals surface area contributed by atoms with Gasteiger partial charge in [0.05, 0.1) is 11.8 Å². The molecule has 0 rings (SSSR count). The van der Waals surface area contributed by atoms with E-state index in [4.69, 9.17) is 0 Å². The van der Waals surface area contributed by atoms with Crippen LogP contribution in [-0.2, 0) is 14.7 Å². The van der Waals surface area contributed by atoms with Crippen molar-refractivity contribution in [2.24, 2.45) is 0 Å². The summed E-state index contributed by atoms with van der Waals surface area (Å²) >= 11 is 3.02. The maximum absolute atomic E-state index is 10.7. The molecule has 0 aromatic rings. The van der Waals surface area contributed by atoms with E-state index in [0.717, 1.165) is 12.8 Å². The smallest absolute Gasteiger partial charge is 0.355 e. The molecule has 0 aliphatic carbocycles. The molecule has 1 radical (unpaired) electrons. The first-order valence-electron chi connectivity index (χ1n) is 4.19. The van der Waals surface area contributed by atoms with Crippen LogP contribution in [0.3, 0.4) is 0 Å². The molecule has 0 aromatic heterocycles. The normalized spacial score (nSPS) is 9.62. The number of alkyl halides is 1. The Labute approximate surface area is 85.8 Å². The third kappa shape index (κ3) is 9.33. The second-order valence-electron chi connectivity index (χ2n) is 2.67. The zero-order chi connectivity index (χ0) is 10.1. The number of carbonyl (C=O) groups is 2. The van der Waals surface area contributed by atoms with Crippen LogP contribution in [0.25, 0.3) is 0 Å². The van der Waals surface area contributed by atoms with Gasteiger partial charge in [-0.15, -0.1) is 0 Å². The summed E-state index contributed by atoms with van der Waals surface area (Å²) in [6.45, 7) is 0.609. The lowest BCUT2D eigenvalue weighted by Crippen LogP contribution is -2.25. The van der Waals surface area contributed by atoms with E-state index in [1.165, 1.54) is 0 Å². The molecule has 0 saturated carbocycles.